The average Bonchev–Trinajstić information content (AvgIpc) is 2.16. The average molecular weight is 226 g/mol. The number of carboxylic acid groups (broad SMARTS) is 1. The molecule has 0 amide bonds. The maximum absolute atomic E-state index is 13.2. The van der Waals surface area contributed by atoms with Crippen molar-refractivity contribution in [2.45, 2.75) is 0 Å². The number of nitrogens with zero attached hydrogens (tertiary/aromatic N) is 1. The van der Waals surface area contributed by atoms with Crippen LogP contribution in [0.15, 0.2) is 24.3 Å². The molecule has 2 aromatic rings. The second-order valence-electron chi connectivity index (χ2n) is 2.93. The van der Waals surface area contributed by atoms with Crippen LogP contribution in [-0.2, 0) is 0 Å². The van der Waals surface area contributed by atoms with Gasteiger partial charge in [-0.25, -0.2) is 14.2 Å². The highest BCUT2D eigenvalue weighted by Gasteiger charge is 2.15. The van der Waals surface area contributed by atoms with Crippen LogP contribution in [0.1, 0.15) is 10.4 Å². The first kappa shape index (κ1) is 9.86. The van der Waals surface area contributed by atoms with Crippen LogP contribution in [0.3, 0.4) is 0 Å². The molecule has 1 heterocycles. The summed E-state index contributed by atoms with van der Waals surface area (Å²) in [6.45, 7) is 0. The third kappa shape index (κ3) is 1.64. The minimum absolute atomic E-state index is 0.0648. The first-order chi connectivity index (χ1) is 7.09. The number of fused-ring (bicyclic) bond motifs is 1. The maximum atomic E-state index is 13.2. The van der Waals surface area contributed by atoms with Gasteiger partial charge in [-0.2, -0.15) is 0 Å². The number of pyridine rings is 1. The van der Waals surface area contributed by atoms with Crippen molar-refractivity contribution >= 4 is 28.5 Å². The number of hydrogen-bond acceptors (Lipinski definition) is 2. The molecule has 1 N–H and O–H groups in total. The first-order valence-electron chi connectivity index (χ1n) is 4.07. The van der Waals surface area contributed by atoms with Crippen LogP contribution in [0, 0.1) is 5.82 Å². The van der Waals surface area contributed by atoms with E-state index in [9.17, 15) is 9.18 Å². The summed E-state index contributed by atoms with van der Waals surface area (Å²) >= 11 is 5.62. The standard InChI is InChI=1S/C10H5ClFNO2/c11-7-4-2-5-1-3-6(12)8(10(14)15)9(5)13-7/h1-4H,(H,14,15). The fraction of sp³-hybridized carbons (Fsp3) is 0. The Morgan fingerprint density at radius 3 is 2.67 bits per heavy atom. The first-order valence-corrected chi connectivity index (χ1v) is 4.45. The minimum atomic E-state index is -1.35. The predicted octanol–water partition coefficient (Wildman–Crippen LogP) is 2.73. The number of rotatable bonds is 1. The van der Waals surface area contributed by atoms with E-state index in [-0.39, 0.29) is 10.7 Å². The van der Waals surface area contributed by atoms with E-state index in [1.807, 2.05) is 0 Å². The summed E-state index contributed by atoms with van der Waals surface area (Å²) in [7, 11) is 0. The molecule has 1 aromatic carbocycles. The molecular weight excluding hydrogens is 221 g/mol. The molecule has 5 heteroatoms. The molecule has 0 spiro atoms. The Kier molecular flexibility index (Phi) is 2.28. The van der Waals surface area contributed by atoms with Gasteiger partial charge in [0.05, 0.1) is 5.52 Å². The van der Waals surface area contributed by atoms with Crippen molar-refractivity contribution in [1.29, 1.82) is 0 Å². The molecule has 0 bridgehead atoms. The molecule has 76 valence electrons. The van der Waals surface area contributed by atoms with E-state index in [0.717, 1.165) is 6.07 Å². The van der Waals surface area contributed by atoms with Gasteiger partial charge in [0.15, 0.2) is 0 Å². The van der Waals surface area contributed by atoms with Crippen LogP contribution in [0.2, 0.25) is 5.15 Å². The van der Waals surface area contributed by atoms with Crippen LogP contribution < -0.4 is 0 Å². The summed E-state index contributed by atoms with van der Waals surface area (Å²) in [4.78, 5) is 14.6. The van der Waals surface area contributed by atoms with Crippen molar-refractivity contribution in [3.63, 3.8) is 0 Å². The van der Waals surface area contributed by atoms with E-state index in [4.69, 9.17) is 16.7 Å². The summed E-state index contributed by atoms with van der Waals surface area (Å²) in [6, 6.07) is 5.67. The van der Waals surface area contributed by atoms with Crippen molar-refractivity contribution in [3.8, 4) is 0 Å². The summed E-state index contributed by atoms with van der Waals surface area (Å²) in [5, 5.41) is 9.51. The summed E-state index contributed by atoms with van der Waals surface area (Å²) in [5.74, 6) is -2.17. The van der Waals surface area contributed by atoms with Gasteiger partial charge in [0.1, 0.15) is 16.5 Å². The lowest BCUT2D eigenvalue weighted by Gasteiger charge is -2.02. The Bertz CT molecular complexity index is 551. The molecule has 0 unspecified atom stereocenters. The van der Waals surface area contributed by atoms with Crippen molar-refractivity contribution < 1.29 is 14.3 Å². The van der Waals surface area contributed by atoms with Gasteiger partial charge in [0, 0.05) is 5.39 Å². The Balaban J connectivity index is 2.90. The molecular formula is C10H5ClFNO2. The third-order valence-electron chi connectivity index (χ3n) is 1.99. The number of halogens is 2. The molecule has 1 aromatic heterocycles. The van der Waals surface area contributed by atoms with Gasteiger partial charge in [0.2, 0.25) is 0 Å². The quantitative estimate of drug-likeness (QED) is 0.760. The van der Waals surface area contributed by atoms with Crippen LogP contribution in [0.4, 0.5) is 4.39 Å². The van der Waals surface area contributed by atoms with Gasteiger partial charge in [-0.05, 0) is 24.3 Å². The van der Waals surface area contributed by atoms with E-state index in [1.165, 1.54) is 12.1 Å². The number of aromatic carboxylic acids is 1. The van der Waals surface area contributed by atoms with Crippen molar-refractivity contribution in [3.05, 3.63) is 40.8 Å². The Morgan fingerprint density at radius 2 is 2.00 bits per heavy atom. The van der Waals surface area contributed by atoms with E-state index in [2.05, 4.69) is 4.98 Å². The number of aromatic nitrogens is 1. The zero-order chi connectivity index (χ0) is 11.0. The van der Waals surface area contributed by atoms with Gasteiger partial charge in [-0.15, -0.1) is 0 Å². The predicted molar refractivity (Wildman–Crippen MR) is 53.7 cm³/mol. The number of carboxylic acids is 1. The summed E-state index contributed by atoms with van der Waals surface area (Å²) in [5.41, 5.74) is -0.384. The second kappa shape index (κ2) is 3.47. The van der Waals surface area contributed by atoms with E-state index in [0.29, 0.717) is 5.39 Å². The smallest absolute Gasteiger partial charge is 0.340 e. The van der Waals surface area contributed by atoms with Crippen molar-refractivity contribution in [1.82, 2.24) is 4.98 Å². The van der Waals surface area contributed by atoms with E-state index in [1.54, 1.807) is 6.07 Å². The summed E-state index contributed by atoms with van der Waals surface area (Å²) < 4.78 is 13.2. The molecule has 0 fully saturated rings. The molecule has 2 rings (SSSR count). The number of hydrogen-bond donors (Lipinski definition) is 1. The SMILES string of the molecule is O=C(O)c1c(F)ccc2ccc(Cl)nc12. The fourth-order valence-corrected chi connectivity index (χ4v) is 1.49. The highest BCUT2D eigenvalue weighted by molar-refractivity contribution is 6.29. The number of benzene rings is 1. The lowest BCUT2D eigenvalue weighted by molar-refractivity contribution is 0.0694. The molecule has 0 aliphatic rings. The van der Waals surface area contributed by atoms with Gasteiger partial charge >= 0.3 is 5.97 Å². The topological polar surface area (TPSA) is 50.2 Å². The second-order valence-corrected chi connectivity index (χ2v) is 3.32. The van der Waals surface area contributed by atoms with Crippen molar-refractivity contribution in [2.24, 2.45) is 0 Å². The molecule has 0 saturated heterocycles. The lowest BCUT2D eigenvalue weighted by Crippen LogP contribution is -2.02. The van der Waals surface area contributed by atoms with Crippen LogP contribution in [0.5, 0.6) is 0 Å². The molecule has 15 heavy (non-hydrogen) atoms. The fourth-order valence-electron chi connectivity index (χ4n) is 1.34. The van der Waals surface area contributed by atoms with Gasteiger partial charge in [-0.3, -0.25) is 0 Å². The third-order valence-corrected chi connectivity index (χ3v) is 2.20. The molecule has 0 aliphatic heterocycles. The van der Waals surface area contributed by atoms with Crippen LogP contribution in [-0.4, -0.2) is 16.1 Å². The Labute approximate surface area is 89.1 Å². The maximum Gasteiger partial charge on any atom is 0.340 e. The van der Waals surface area contributed by atoms with Crippen molar-refractivity contribution in [2.75, 3.05) is 0 Å². The van der Waals surface area contributed by atoms with Crippen LogP contribution >= 0.6 is 11.6 Å². The highest BCUT2D eigenvalue weighted by atomic mass is 35.5. The monoisotopic (exact) mass is 225 g/mol. The zero-order valence-corrected chi connectivity index (χ0v) is 8.12. The lowest BCUT2D eigenvalue weighted by atomic mass is 10.1. The Morgan fingerprint density at radius 1 is 1.33 bits per heavy atom. The summed E-state index contributed by atoms with van der Waals surface area (Å²) in [6.07, 6.45) is 0. The van der Waals surface area contributed by atoms with E-state index >= 15 is 0 Å². The van der Waals surface area contributed by atoms with Gasteiger partial charge in [-0.1, -0.05) is 11.6 Å². The van der Waals surface area contributed by atoms with E-state index < -0.39 is 17.3 Å². The van der Waals surface area contributed by atoms with Crippen LogP contribution in [0.25, 0.3) is 10.9 Å². The number of carbonyl (C=O) groups is 1. The minimum Gasteiger partial charge on any atom is -0.478 e. The largest absolute Gasteiger partial charge is 0.478 e. The molecule has 0 saturated carbocycles. The molecule has 0 aliphatic carbocycles. The molecule has 0 radical (unpaired) electrons. The highest BCUT2D eigenvalue weighted by Crippen LogP contribution is 2.21. The van der Waals surface area contributed by atoms with Gasteiger partial charge < -0.3 is 5.11 Å². The zero-order valence-electron chi connectivity index (χ0n) is 7.37. The molecule has 3 nitrogen and oxygen atoms in total. The van der Waals surface area contributed by atoms with Gasteiger partial charge in [0.25, 0.3) is 0 Å². The Hall–Kier alpha value is -1.68. The normalized spacial score (nSPS) is 10.5. The molecule has 0 atom stereocenters.